The van der Waals surface area contributed by atoms with Crippen LogP contribution in [-0.2, 0) is 9.84 Å². The van der Waals surface area contributed by atoms with Gasteiger partial charge in [-0.1, -0.05) is 4.49 Å². The van der Waals surface area contributed by atoms with Crippen LogP contribution in [0.3, 0.4) is 0 Å². The highest BCUT2D eigenvalue weighted by Gasteiger charge is 2.35. The van der Waals surface area contributed by atoms with E-state index >= 15 is 0 Å². The molecular weight excluding hydrogens is 274 g/mol. The third kappa shape index (κ3) is 2.54. The summed E-state index contributed by atoms with van der Waals surface area (Å²) in [4.78, 5) is 14.4. The Morgan fingerprint density at radius 2 is 2.28 bits per heavy atom. The van der Waals surface area contributed by atoms with E-state index in [1.165, 1.54) is 0 Å². The van der Waals surface area contributed by atoms with Crippen molar-refractivity contribution in [2.45, 2.75) is 26.3 Å². The number of hydrogen-bond donors (Lipinski definition) is 0. The van der Waals surface area contributed by atoms with Gasteiger partial charge < -0.3 is 4.90 Å². The van der Waals surface area contributed by atoms with Crippen molar-refractivity contribution in [2.75, 3.05) is 18.1 Å². The number of sulfone groups is 1. The Balaban J connectivity index is 2.20. The lowest BCUT2D eigenvalue weighted by Gasteiger charge is -2.26. The topological polar surface area (TPSA) is 80.2 Å². The number of aromatic nitrogens is 2. The molecule has 0 saturated carbocycles. The monoisotopic (exact) mass is 289 g/mol. The molecule has 1 atom stereocenters. The number of amides is 1. The van der Waals surface area contributed by atoms with Crippen LogP contribution in [0.25, 0.3) is 0 Å². The molecule has 1 aromatic rings. The zero-order valence-electron chi connectivity index (χ0n) is 10.3. The van der Waals surface area contributed by atoms with Gasteiger partial charge in [0.05, 0.1) is 17.2 Å². The van der Waals surface area contributed by atoms with Crippen LogP contribution in [0.2, 0.25) is 0 Å². The average molecular weight is 289 g/mol. The molecule has 1 aromatic heterocycles. The summed E-state index contributed by atoms with van der Waals surface area (Å²) in [6.45, 7) is 4.08. The average Bonchev–Trinajstić information content (AvgIpc) is 2.86. The lowest BCUT2D eigenvalue weighted by atomic mass is 10.2. The molecule has 1 amide bonds. The fourth-order valence-corrected chi connectivity index (χ4v) is 4.49. The van der Waals surface area contributed by atoms with E-state index in [2.05, 4.69) is 9.59 Å². The second kappa shape index (κ2) is 4.93. The summed E-state index contributed by atoms with van der Waals surface area (Å²) in [7, 11) is -2.98. The van der Waals surface area contributed by atoms with Crippen LogP contribution < -0.4 is 0 Å². The first-order valence-corrected chi connectivity index (χ1v) is 8.34. The first-order valence-electron chi connectivity index (χ1n) is 5.75. The molecule has 1 aliphatic rings. The molecule has 0 N–H and O–H groups in total. The molecule has 0 spiro atoms. The van der Waals surface area contributed by atoms with Gasteiger partial charge in [-0.15, -0.1) is 5.10 Å². The molecule has 6 nitrogen and oxygen atoms in total. The Morgan fingerprint density at radius 1 is 1.56 bits per heavy atom. The van der Waals surface area contributed by atoms with Gasteiger partial charge in [0.1, 0.15) is 4.88 Å². The van der Waals surface area contributed by atoms with Crippen LogP contribution >= 0.6 is 11.5 Å². The SMILES string of the molecule is CCN(C(=O)c1snnc1C)C1CCS(=O)(=O)C1. The van der Waals surface area contributed by atoms with E-state index in [4.69, 9.17) is 0 Å². The summed E-state index contributed by atoms with van der Waals surface area (Å²) < 4.78 is 26.7. The summed E-state index contributed by atoms with van der Waals surface area (Å²) in [6, 6.07) is -0.214. The van der Waals surface area contributed by atoms with E-state index < -0.39 is 9.84 Å². The maximum atomic E-state index is 12.3. The highest BCUT2D eigenvalue weighted by Crippen LogP contribution is 2.21. The zero-order chi connectivity index (χ0) is 13.3. The van der Waals surface area contributed by atoms with Crippen molar-refractivity contribution in [1.29, 1.82) is 0 Å². The fraction of sp³-hybridized carbons (Fsp3) is 0.700. The molecule has 0 bridgehead atoms. The van der Waals surface area contributed by atoms with Gasteiger partial charge in [0, 0.05) is 12.6 Å². The van der Waals surface area contributed by atoms with Crippen LogP contribution in [0.1, 0.15) is 28.7 Å². The van der Waals surface area contributed by atoms with Crippen molar-refractivity contribution in [1.82, 2.24) is 14.5 Å². The maximum absolute atomic E-state index is 12.3. The van der Waals surface area contributed by atoms with Gasteiger partial charge in [-0.25, -0.2) is 8.42 Å². The standard InChI is InChI=1S/C10H15N3O3S2/c1-3-13(8-4-5-18(15,16)6-8)10(14)9-7(2)11-12-17-9/h8H,3-6H2,1-2H3. The number of nitrogens with zero attached hydrogens (tertiary/aromatic N) is 3. The summed E-state index contributed by atoms with van der Waals surface area (Å²) >= 11 is 1.06. The number of carbonyl (C=O) groups is 1. The largest absolute Gasteiger partial charge is 0.334 e. The summed E-state index contributed by atoms with van der Waals surface area (Å²) in [6.07, 6.45) is 0.521. The molecule has 1 saturated heterocycles. The van der Waals surface area contributed by atoms with E-state index in [9.17, 15) is 13.2 Å². The summed E-state index contributed by atoms with van der Waals surface area (Å²) in [5.41, 5.74) is 0.601. The predicted octanol–water partition coefficient (Wildman–Crippen LogP) is 0.496. The third-order valence-corrected chi connectivity index (χ3v) is 5.66. The number of carbonyl (C=O) groups excluding carboxylic acids is 1. The zero-order valence-corrected chi connectivity index (χ0v) is 11.9. The molecule has 100 valence electrons. The Labute approximate surface area is 110 Å². The van der Waals surface area contributed by atoms with Gasteiger partial charge in [0.25, 0.3) is 5.91 Å². The van der Waals surface area contributed by atoms with E-state index in [1.54, 1.807) is 11.8 Å². The molecule has 1 unspecified atom stereocenters. The molecule has 2 rings (SSSR count). The van der Waals surface area contributed by atoms with Crippen molar-refractivity contribution in [3.05, 3.63) is 10.6 Å². The van der Waals surface area contributed by atoms with Crippen LogP contribution in [0, 0.1) is 6.92 Å². The third-order valence-electron chi connectivity index (χ3n) is 3.10. The van der Waals surface area contributed by atoms with Crippen molar-refractivity contribution in [3.8, 4) is 0 Å². The second-order valence-corrected chi connectivity index (χ2v) is 7.32. The molecule has 0 aromatic carbocycles. The normalized spacial score (nSPS) is 22.0. The minimum absolute atomic E-state index is 0.0673. The van der Waals surface area contributed by atoms with Gasteiger partial charge in [-0.3, -0.25) is 4.79 Å². The van der Waals surface area contributed by atoms with Gasteiger partial charge >= 0.3 is 0 Å². The molecule has 18 heavy (non-hydrogen) atoms. The minimum Gasteiger partial charge on any atom is -0.334 e. The van der Waals surface area contributed by atoms with Crippen LogP contribution in [0.5, 0.6) is 0 Å². The highest BCUT2D eigenvalue weighted by molar-refractivity contribution is 7.91. The summed E-state index contributed by atoms with van der Waals surface area (Å²) in [5.74, 6) is 0.0753. The Kier molecular flexibility index (Phi) is 3.67. The molecule has 1 fully saturated rings. The summed E-state index contributed by atoms with van der Waals surface area (Å²) in [5, 5.41) is 3.81. The highest BCUT2D eigenvalue weighted by atomic mass is 32.2. The van der Waals surface area contributed by atoms with E-state index in [1.807, 2.05) is 6.92 Å². The number of rotatable bonds is 3. The lowest BCUT2D eigenvalue weighted by molar-refractivity contribution is 0.0712. The molecule has 8 heteroatoms. The Bertz CT molecular complexity index is 552. The molecule has 2 heterocycles. The molecular formula is C10H15N3O3S2. The fourth-order valence-electron chi connectivity index (χ4n) is 2.15. The maximum Gasteiger partial charge on any atom is 0.267 e. The quantitative estimate of drug-likeness (QED) is 0.809. The number of hydrogen-bond acceptors (Lipinski definition) is 6. The second-order valence-electron chi connectivity index (χ2n) is 4.34. The van der Waals surface area contributed by atoms with Crippen molar-refractivity contribution in [2.24, 2.45) is 0 Å². The van der Waals surface area contributed by atoms with E-state index in [0.29, 0.717) is 23.5 Å². The number of aryl methyl sites for hydroxylation is 1. The van der Waals surface area contributed by atoms with Crippen molar-refractivity contribution < 1.29 is 13.2 Å². The van der Waals surface area contributed by atoms with E-state index in [0.717, 1.165) is 11.5 Å². The first kappa shape index (κ1) is 13.4. The van der Waals surface area contributed by atoms with Crippen LogP contribution in [0.15, 0.2) is 0 Å². The Hall–Kier alpha value is -1.02. The molecule has 0 aliphatic carbocycles. The van der Waals surface area contributed by atoms with Gasteiger partial charge in [0.2, 0.25) is 0 Å². The predicted molar refractivity (Wildman–Crippen MR) is 68.4 cm³/mol. The first-order chi connectivity index (χ1) is 8.44. The van der Waals surface area contributed by atoms with Gasteiger partial charge in [0.15, 0.2) is 9.84 Å². The van der Waals surface area contributed by atoms with Crippen molar-refractivity contribution >= 4 is 27.3 Å². The Morgan fingerprint density at radius 3 is 2.72 bits per heavy atom. The van der Waals surface area contributed by atoms with Crippen LogP contribution in [0.4, 0.5) is 0 Å². The minimum atomic E-state index is -2.98. The van der Waals surface area contributed by atoms with E-state index in [-0.39, 0.29) is 23.5 Å². The van der Waals surface area contributed by atoms with Crippen LogP contribution in [-0.4, -0.2) is 52.9 Å². The van der Waals surface area contributed by atoms with Gasteiger partial charge in [-0.2, -0.15) is 0 Å². The molecule has 1 aliphatic heterocycles. The molecule has 0 radical (unpaired) electrons. The van der Waals surface area contributed by atoms with Crippen molar-refractivity contribution in [3.63, 3.8) is 0 Å². The van der Waals surface area contributed by atoms with Gasteiger partial charge in [-0.05, 0) is 31.8 Å². The lowest BCUT2D eigenvalue weighted by Crippen LogP contribution is -2.40. The smallest absolute Gasteiger partial charge is 0.267 e.